The number of rotatable bonds is 4. The Balaban J connectivity index is 1.79. The number of ether oxygens (including phenoxy) is 1. The van der Waals surface area contributed by atoms with Crippen molar-refractivity contribution in [3.8, 4) is 0 Å². The van der Waals surface area contributed by atoms with E-state index in [1.807, 2.05) is 0 Å². The lowest BCUT2D eigenvalue weighted by Crippen LogP contribution is -2.40. The number of carbonyl (C=O) groups excluding carboxylic acids is 1. The molecule has 0 bridgehead atoms. The SMILES string of the molecule is O=C(c1ccc(Br)cc1)N1CCN(CC2CCOC2)C1=N[N+](=O)[O-]. The lowest BCUT2D eigenvalue weighted by molar-refractivity contribution is -0.486. The van der Waals surface area contributed by atoms with Crippen LogP contribution in [0.2, 0.25) is 0 Å². The number of hydrogen-bond donors (Lipinski definition) is 0. The molecule has 24 heavy (non-hydrogen) atoms. The molecule has 2 aliphatic rings. The Bertz CT molecular complexity index is 658. The van der Waals surface area contributed by atoms with Crippen molar-refractivity contribution in [2.45, 2.75) is 6.42 Å². The van der Waals surface area contributed by atoms with Crippen LogP contribution in [0.1, 0.15) is 16.8 Å². The summed E-state index contributed by atoms with van der Waals surface area (Å²) < 4.78 is 6.22. The van der Waals surface area contributed by atoms with E-state index < -0.39 is 5.03 Å². The Labute approximate surface area is 147 Å². The van der Waals surface area contributed by atoms with Crippen molar-refractivity contribution in [2.75, 3.05) is 32.8 Å². The van der Waals surface area contributed by atoms with Crippen LogP contribution in [0.4, 0.5) is 0 Å². The summed E-state index contributed by atoms with van der Waals surface area (Å²) in [4.78, 5) is 26.8. The quantitative estimate of drug-likeness (QED) is 0.571. The molecule has 2 fully saturated rings. The van der Waals surface area contributed by atoms with E-state index >= 15 is 0 Å². The van der Waals surface area contributed by atoms with Gasteiger partial charge in [-0.25, -0.2) is 10.1 Å². The second kappa shape index (κ2) is 7.27. The largest absolute Gasteiger partial charge is 0.381 e. The molecule has 1 aromatic carbocycles. The summed E-state index contributed by atoms with van der Waals surface area (Å²) in [5.41, 5.74) is 0.472. The van der Waals surface area contributed by atoms with Crippen molar-refractivity contribution in [1.82, 2.24) is 9.80 Å². The van der Waals surface area contributed by atoms with Gasteiger partial charge in [0.05, 0.1) is 6.61 Å². The molecule has 0 aromatic heterocycles. The zero-order valence-electron chi connectivity index (χ0n) is 12.9. The molecule has 2 aliphatic heterocycles. The molecule has 1 aromatic rings. The zero-order chi connectivity index (χ0) is 17.1. The van der Waals surface area contributed by atoms with Crippen LogP contribution in [0, 0.1) is 16.0 Å². The first-order valence-electron chi connectivity index (χ1n) is 7.67. The van der Waals surface area contributed by atoms with Gasteiger partial charge in [-0.1, -0.05) is 15.9 Å². The minimum Gasteiger partial charge on any atom is -0.381 e. The molecule has 0 N–H and O–H groups in total. The van der Waals surface area contributed by atoms with Crippen LogP contribution < -0.4 is 0 Å². The minimum absolute atomic E-state index is 0.111. The maximum atomic E-state index is 12.7. The van der Waals surface area contributed by atoms with Gasteiger partial charge in [-0.15, -0.1) is 0 Å². The monoisotopic (exact) mass is 396 g/mol. The number of carbonyl (C=O) groups is 1. The first-order chi connectivity index (χ1) is 11.5. The van der Waals surface area contributed by atoms with E-state index in [1.54, 1.807) is 29.2 Å². The maximum absolute atomic E-state index is 12.7. The van der Waals surface area contributed by atoms with Crippen molar-refractivity contribution in [2.24, 2.45) is 11.0 Å². The van der Waals surface area contributed by atoms with E-state index in [1.165, 1.54) is 4.90 Å². The van der Waals surface area contributed by atoms with Crippen LogP contribution in [-0.4, -0.2) is 59.5 Å². The van der Waals surface area contributed by atoms with E-state index in [9.17, 15) is 14.9 Å². The number of amides is 1. The summed E-state index contributed by atoms with van der Waals surface area (Å²) in [6, 6.07) is 6.90. The normalized spacial score (nSPS) is 22.4. The van der Waals surface area contributed by atoms with Gasteiger partial charge in [0.2, 0.25) is 0 Å². The van der Waals surface area contributed by atoms with E-state index in [0.717, 1.165) is 10.9 Å². The predicted octanol–water partition coefficient (Wildman–Crippen LogP) is 1.79. The summed E-state index contributed by atoms with van der Waals surface area (Å²) in [6.45, 7) is 2.88. The molecule has 9 heteroatoms. The van der Waals surface area contributed by atoms with Gasteiger partial charge in [0.1, 0.15) is 5.10 Å². The molecule has 1 atom stereocenters. The van der Waals surface area contributed by atoms with E-state index in [4.69, 9.17) is 4.74 Å². The van der Waals surface area contributed by atoms with Crippen LogP contribution >= 0.6 is 15.9 Å². The van der Waals surface area contributed by atoms with Gasteiger partial charge in [-0.05, 0) is 30.7 Å². The molecule has 8 nitrogen and oxygen atoms in total. The van der Waals surface area contributed by atoms with E-state index in [2.05, 4.69) is 21.0 Å². The number of hydrogen-bond acceptors (Lipinski definition) is 4. The smallest absolute Gasteiger partial charge is 0.281 e. The maximum Gasteiger partial charge on any atom is 0.281 e. The van der Waals surface area contributed by atoms with Gasteiger partial charge in [-0.2, -0.15) is 0 Å². The van der Waals surface area contributed by atoms with Crippen molar-refractivity contribution < 1.29 is 14.6 Å². The summed E-state index contributed by atoms with van der Waals surface area (Å²) >= 11 is 3.32. The fraction of sp³-hybridized carbons (Fsp3) is 0.467. The standard InChI is InChI=1S/C15H17BrN4O4/c16-13-3-1-12(2-4-13)14(21)19-7-6-18(15(19)17-20(22)23)9-11-5-8-24-10-11/h1-4,11H,5-10H2. The molecular formula is C15H17BrN4O4. The van der Waals surface area contributed by atoms with E-state index in [0.29, 0.717) is 44.3 Å². The molecule has 1 amide bonds. The van der Waals surface area contributed by atoms with Crippen molar-refractivity contribution >= 4 is 27.8 Å². The fourth-order valence-electron chi connectivity index (χ4n) is 2.93. The predicted molar refractivity (Wildman–Crippen MR) is 90.1 cm³/mol. The molecule has 3 rings (SSSR count). The zero-order valence-corrected chi connectivity index (χ0v) is 14.5. The highest BCUT2D eigenvalue weighted by atomic mass is 79.9. The number of guanidine groups is 1. The number of nitrogens with zero attached hydrogens (tertiary/aromatic N) is 4. The Morgan fingerprint density at radius 1 is 1.38 bits per heavy atom. The van der Waals surface area contributed by atoms with Gasteiger partial charge in [-0.3, -0.25) is 9.69 Å². The molecule has 2 heterocycles. The molecule has 0 spiro atoms. The first-order valence-corrected chi connectivity index (χ1v) is 8.47. The third kappa shape index (κ3) is 3.73. The highest BCUT2D eigenvalue weighted by Crippen LogP contribution is 2.20. The second-order valence-corrected chi connectivity index (χ2v) is 6.69. The van der Waals surface area contributed by atoms with Gasteiger partial charge in [0, 0.05) is 42.2 Å². The van der Waals surface area contributed by atoms with Crippen molar-refractivity contribution in [3.05, 3.63) is 44.4 Å². The molecule has 0 saturated carbocycles. The van der Waals surface area contributed by atoms with Gasteiger partial charge in [0.25, 0.3) is 11.9 Å². The summed E-state index contributed by atoms with van der Waals surface area (Å²) in [7, 11) is 0. The Morgan fingerprint density at radius 2 is 2.12 bits per heavy atom. The fourth-order valence-corrected chi connectivity index (χ4v) is 3.20. The molecule has 1 unspecified atom stereocenters. The van der Waals surface area contributed by atoms with Crippen LogP contribution in [0.3, 0.4) is 0 Å². The number of benzene rings is 1. The summed E-state index contributed by atoms with van der Waals surface area (Å²) in [5, 5.41) is 13.6. The molecule has 0 aliphatic carbocycles. The second-order valence-electron chi connectivity index (χ2n) is 5.78. The highest BCUT2D eigenvalue weighted by molar-refractivity contribution is 9.10. The molecule has 2 saturated heterocycles. The van der Waals surface area contributed by atoms with Crippen LogP contribution in [0.5, 0.6) is 0 Å². The number of halogens is 1. The van der Waals surface area contributed by atoms with Gasteiger partial charge >= 0.3 is 0 Å². The molecular weight excluding hydrogens is 380 g/mol. The van der Waals surface area contributed by atoms with Gasteiger partial charge in [0.15, 0.2) is 5.03 Å². The van der Waals surface area contributed by atoms with Crippen LogP contribution in [0.25, 0.3) is 0 Å². The topological polar surface area (TPSA) is 88.3 Å². The minimum atomic E-state index is -0.749. The lowest BCUT2D eigenvalue weighted by atomic mass is 10.1. The Morgan fingerprint density at radius 3 is 2.75 bits per heavy atom. The average molecular weight is 397 g/mol. The van der Waals surface area contributed by atoms with E-state index in [-0.39, 0.29) is 11.9 Å². The Hall–Kier alpha value is -2.00. The molecule has 0 radical (unpaired) electrons. The third-order valence-electron chi connectivity index (χ3n) is 4.13. The highest BCUT2D eigenvalue weighted by Gasteiger charge is 2.36. The third-order valence-corrected chi connectivity index (χ3v) is 4.66. The summed E-state index contributed by atoms with van der Waals surface area (Å²) in [5.74, 6) is 0.137. The van der Waals surface area contributed by atoms with Gasteiger partial charge < -0.3 is 9.64 Å². The van der Waals surface area contributed by atoms with Crippen LogP contribution in [-0.2, 0) is 4.74 Å². The first kappa shape index (κ1) is 16.8. The number of hydrazone groups is 1. The van der Waals surface area contributed by atoms with Crippen LogP contribution in [0.15, 0.2) is 33.8 Å². The number of nitro groups is 1. The Kier molecular flexibility index (Phi) is 5.10. The molecule has 128 valence electrons. The van der Waals surface area contributed by atoms with Crippen molar-refractivity contribution in [1.29, 1.82) is 0 Å². The van der Waals surface area contributed by atoms with Crippen molar-refractivity contribution in [3.63, 3.8) is 0 Å². The summed E-state index contributed by atoms with van der Waals surface area (Å²) in [6.07, 6.45) is 0.920. The average Bonchev–Trinajstić information content (AvgIpc) is 3.18. The lowest BCUT2D eigenvalue weighted by Gasteiger charge is -2.21.